The second-order valence-corrected chi connectivity index (χ2v) is 4.14. The minimum absolute atomic E-state index is 0.289. The largest absolute Gasteiger partial charge is 0.460 e. The summed E-state index contributed by atoms with van der Waals surface area (Å²) in [7, 11) is 0. The van der Waals surface area contributed by atoms with Gasteiger partial charge in [0.15, 0.2) is 0 Å². The summed E-state index contributed by atoms with van der Waals surface area (Å²) in [5.74, 6) is -4.74. The van der Waals surface area contributed by atoms with E-state index in [0.29, 0.717) is 4.47 Å². The molecule has 0 fully saturated rings. The molecule has 2 rings (SSSR count). The van der Waals surface area contributed by atoms with Gasteiger partial charge in [-0.1, -0.05) is 15.9 Å². The Morgan fingerprint density at radius 3 is 2.56 bits per heavy atom. The quantitative estimate of drug-likeness (QED) is 0.748. The van der Waals surface area contributed by atoms with Gasteiger partial charge in [-0.05, 0) is 18.2 Å². The van der Waals surface area contributed by atoms with Gasteiger partial charge in [0, 0.05) is 10.0 Å². The molecule has 1 N–H and O–H groups in total. The predicted octanol–water partition coefficient (Wildman–Crippen LogP) is 2.33. The fourth-order valence-electron chi connectivity index (χ4n) is 1.43. The number of ether oxygens (including phenoxy) is 1. The first kappa shape index (κ1) is 11.4. The van der Waals surface area contributed by atoms with Crippen molar-refractivity contribution >= 4 is 21.9 Å². The van der Waals surface area contributed by atoms with Crippen LogP contribution in [-0.4, -0.2) is 17.3 Å². The highest BCUT2D eigenvalue weighted by Gasteiger charge is 2.63. The van der Waals surface area contributed by atoms with Crippen LogP contribution in [0.5, 0.6) is 0 Å². The summed E-state index contributed by atoms with van der Waals surface area (Å²) in [5, 5.41) is 9.39. The van der Waals surface area contributed by atoms with Crippen molar-refractivity contribution in [3.63, 3.8) is 0 Å². The van der Waals surface area contributed by atoms with Crippen LogP contribution in [0.1, 0.15) is 15.9 Å². The SMILES string of the molecule is O=C1O[C@@](O)(C(F)(F)F)c2cc(Br)ccc21. The third kappa shape index (κ3) is 1.42. The number of hydrogen-bond donors (Lipinski definition) is 1. The monoisotopic (exact) mass is 296 g/mol. The first-order valence-electron chi connectivity index (χ1n) is 4.08. The Bertz CT molecular complexity index is 472. The van der Waals surface area contributed by atoms with Crippen molar-refractivity contribution < 1.29 is 27.8 Å². The predicted molar refractivity (Wildman–Crippen MR) is 49.5 cm³/mol. The van der Waals surface area contributed by atoms with Crippen molar-refractivity contribution in [3.8, 4) is 0 Å². The number of hydrogen-bond acceptors (Lipinski definition) is 3. The Balaban J connectivity index is 2.66. The van der Waals surface area contributed by atoms with Crippen molar-refractivity contribution in [2.45, 2.75) is 12.0 Å². The average Bonchev–Trinajstić information content (AvgIpc) is 2.39. The molecule has 0 spiro atoms. The molecule has 0 saturated heterocycles. The Morgan fingerprint density at radius 2 is 2.00 bits per heavy atom. The summed E-state index contributed by atoms with van der Waals surface area (Å²) >= 11 is 2.96. The number of fused-ring (bicyclic) bond motifs is 1. The number of carbonyl (C=O) groups excluding carboxylic acids is 1. The van der Waals surface area contributed by atoms with Crippen molar-refractivity contribution in [1.82, 2.24) is 0 Å². The van der Waals surface area contributed by atoms with E-state index in [1.165, 1.54) is 6.07 Å². The standard InChI is InChI=1S/C9H4BrF3O3/c10-4-1-2-5-6(3-4)8(15,9(11,12)13)16-7(5)14/h1-3,15H/t8-/m1/s1. The molecule has 0 saturated carbocycles. The molecular formula is C9H4BrF3O3. The lowest BCUT2D eigenvalue weighted by molar-refractivity contribution is -0.349. The van der Waals surface area contributed by atoms with Crippen molar-refractivity contribution in [2.75, 3.05) is 0 Å². The number of halogens is 4. The van der Waals surface area contributed by atoms with Crippen molar-refractivity contribution in [1.29, 1.82) is 0 Å². The summed E-state index contributed by atoms with van der Waals surface area (Å²) in [6, 6.07) is 3.56. The maximum absolute atomic E-state index is 12.6. The van der Waals surface area contributed by atoms with E-state index in [9.17, 15) is 23.1 Å². The van der Waals surface area contributed by atoms with Crippen LogP contribution in [0, 0.1) is 0 Å². The van der Waals surface area contributed by atoms with E-state index in [1.807, 2.05) is 0 Å². The first-order valence-corrected chi connectivity index (χ1v) is 4.87. The number of carbonyl (C=O) groups is 1. The normalized spacial score (nSPS) is 24.2. The first-order chi connectivity index (χ1) is 7.25. The van der Waals surface area contributed by atoms with Crippen LogP contribution in [0.4, 0.5) is 13.2 Å². The average molecular weight is 297 g/mol. The van der Waals surface area contributed by atoms with Crippen LogP contribution in [0.2, 0.25) is 0 Å². The number of alkyl halides is 3. The highest BCUT2D eigenvalue weighted by Crippen LogP contribution is 2.46. The zero-order valence-corrected chi connectivity index (χ0v) is 9.09. The van der Waals surface area contributed by atoms with E-state index in [4.69, 9.17) is 0 Å². The minimum atomic E-state index is -5.07. The molecule has 3 nitrogen and oxygen atoms in total. The summed E-state index contributed by atoms with van der Waals surface area (Å²) in [5.41, 5.74) is -0.887. The molecule has 0 aromatic heterocycles. The molecule has 86 valence electrons. The number of rotatable bonds is 0. The number of benzene rings is 1. The molecule has 0 unspecified atom stereocenters. The molecule has 1 atom stereocenters. The van der Waals surface area contributed by atoms with E-state index < -0.39 is 23.5 Å². The smallest absolute Gasteiger partial charge is 0.415 e. The highest BCUT2D eigenvalue weighted by molar-refractivity contribution is 9.10. The van der Waals surface area contributed by atoms with Crippen LogP contribution >= 0.6 is 15.9 Å². The maximum Gasteiger partial charge on any atom is 0.460 e. The van der Waals surface area contributed by atoms with E-state index in [1.54, 1.807) is 0 Å². The minimum Gasteiger partial charge on any atom is -0.415 e. The summed E-state index contributed by atoms with van der Waals surface area (Å²) < 4.78 is 42.1. The molecule has 1 aromatic carbocycles. The molecule has 0 amide bonds. The maximum atomic E-state index is 12.6. The molecule has 7 heteroatoms. The number of aliphatic hydroxyl groups is 1. The fraction of sp³-hybridized carbons (Fsp3) is 0.222. The van der Waals surface area contributed by atoms with Gasteiger partial charge >= 0.3 is 17.9 Å². The molecule has 1 aliphatic heterocycles. The summed E-state index contributed by atoms with van der Waals surface area (Å²) in [4.78, 5) is 11.1. The van der Waals surface area contributed by atoms with Crippen LogP contribution < -0.4 is 0 Å². The van der Waals surface area contributed by atoms with E-state index >= 15 is 0 Å². The Morgan fingerprint density at radius 1 is 1.38 bits per heavy atom. The molecule has 1 heterocycles. The van der Waals surface area contributed by atoms with E-state index in [0.717, 1.165) is 12.1 Å². The number of cyclic esters (lactones) is 1. The van der Waals surface area contributed by atoms with Gasteiger partial charge in [0.2, 0.25) is 0 Å². The van der Waals surface area contributed by atoms with Gasteiger partial charge < -0.3 is 9.84 Å². The van der Waals surface area contributed by atoms with Gasteiger partial charge in [0.1, 0.15) is 0 Å². The van der Waals surface area contributed by atoms with Gasteiger partial charge in [-0.25, -0.2) is 4.79 Å². The fourth-order valence-corrected chi connectivity index (χ4v) is 1.79. The Labute approximate surface area is 96.0 Å². The Kier molecular flexibility index (Phi) is 2.29. The van der Waals surface area contributed by atoms with Crippen LogP contribution in [0.25, 0.3) is 0 Å². The van der Waals surface area contributed by atoms with Crippen molar-refractivity contribution in [2.24, 2.45) is 0 Å². The van der Waals surface area contributed by atoms with Gasteiger partial charge in [-0.15, -0.1) is 0 Å². The molecular weight excluding hydrogens is 293 g/mol. The van der Waals surface area contributed by atoms with Crippen LogP contribution in [0.3, 0.4) is 0 Å². The Hall–Kier alpha value is -1.08. The van der Waals surface area contributed by atoms with Gasteiger partial charge in [-0.2, -0.15) is 13.2 Å². The lowest BCUT2D eigenvalue weighted by atomic mass is 10.0. The van der Waals surface area contributed by atoms with Crippen LogP contribution in [-0.2, 0) is 10.5 Å². The van der Waals surface area contributed by atoms with Gasteiger partial charge in [-0.3, -0.25) is 0 Å². The van der Waals surface area contributed by atoms with Crippen molar-refractivity contribution in [3.05, 3.63) is 33.8 Å². The van der Waals surface area contributed by atoms with Gasteiger partial charge in [0.25, 0.3) is 0 Å². The van der Waals surface area contributed by atoms with E-state index in [2.05, 4.69) is 20.7 Å². The lowest BCUT2D eigenvalue weighted by Gasteiger charge is -2.24. The van der Waals surface area contributed by atoms with E-state index in [-0.39, 0.29) is 5.56 Å². The third-order valence-corrected chi connectivity index (χ3v) is 2.68. The second kappa shape index (κ2) is 3.21. The van der Waals surface area contributed by atoms with Gasteiger partial charge in [0.05, 0.1) is 5.56 Å². The molecule has 16 heavy (non-hydrogen) atoms. The zero-order valence-electron chi connectivity index (χ0n) is 7.51. The summed E-state index contributed by atoms with van der Waals surface area (Å²) in [6.45, 7) is 0. The second-order valence-electron chi connectivity index (χ2n) is 3.22. The third-order valence-electron chi connectivity index (χ3n) is 2.19. The zero-order chi connectivity index (χ0) is 12.1. The highest BCUT2D eigenvalue weighted by atomic mass is 79.9. The number of esters is 1. The molecule has 0 radical (unpaired) electrons. The van der Waals surface area contributed by atoms with Crippen LogP contribution in [0.15, 0.2) is 22.7 Å². The molecule has 1 aromatic rings. The molecule has 1 aliphatic rings. The molecule has 0 aliphatic carbocycles. The lowest BCUT2D eigenvalue weighted by Crippen LogP contribution is -2.42. The topological polar surface area (TPSA) is 46.5 Å². The summed E-state index contributed by atoms with van der Waals surface area (Å²) in [6.07, 6.45) is -5.07. The molecule has 0 bridgehead atoms.